The van der Waals surface area contributed by atoms with Gasteiger partial charge in [0.25, 0.3) is 5.91 Å². The lowest BCUT2D eigenvalue weighted by molar-refractivity contribution is -0.137. The van der Waals surface area contributed by atoms with Crippen molar-refractivity contribution >= 4 is 16.8 Å². The largest absolute Gasteiger partial charge is 0.417 e. The van der Waals surface area contributed by atoms with E-state index in [-0.39, 0.29) is 18.0 Å². The summed E-state index contributed by atoms with van der Waals surface area (Å²) in [5.74, 6) is 4.64. The molecule has 0 radical (unpaired) electrons. The highest BCUT2D eigenvalue weighted by Gasteiger charge is 2.32. The van der Waals surface area contributed by atoms with Crippen LogP contribution >= 0.6 is 0 Å². The second-order valence-corrected chi connectivity index (χ2v) is 5.30. The number of halogens is 3. The molecule has 3 aromatic rings. The molecule has 0 bridgehead atoms. The van der Waals surface area contributed by atoms with Crippen LogP contribution in [0.3, 0.4) is 0 Å². The van der Waals surface area contributed by atoms with Crippen molar-refractivity contribution in [3.63, 3.8) is 0 Å². The number of fused-ring (bicyclic) bond motifs is 1. The Kier molecular flexibility index (Phi) is 4.48. The summed E-state index contributed by atoms with van der Waals surface area (Å²) in [6.45, 7) is -0.0552. The lowest BCUT2D eigenvalue weighted by Crippen LogP contribution is -2.23. The molecule has 3 rings (SSSR count). The van der Waals surface area contributed by atoms with Crippen LogP contribution in [0.1, 0.15) is 21.6 Å². The van der Waals surface area contributed by atoms with E-state index in [0.29, 0.717) is 5.69 Å². The minimum absolute atomic E-state index is 0.0552. The van der Waals surface area contributed by atoms with Crippen LogP contribution in [0.25, 0.3) is 10.9 Å². The smallest absolute Gasteiger partial charge is 0.351 e. The Morgan fingerprint density at radius 1 is 1.08 bits per heavy atom. The number of amides is 1. The molecule has 0 saturated heterocycles. The van der Waals surface area contributed by atoms with Crippen molar-refractivity contribution in [2.75, 3.05) is 6.54 Å². The summed E-state index contributed by atoms with van der Waals surface area (Å²) in [6.07, 6.45) is -4.46. The molecule has 6 heteroatoms. The first kappa shape index (κ1) is 16.7. The maximum Gasteiger partial charge on any atom is 0.417 e. The Bertz CT molecular complexity index is 944. The van der Waals surface area contributed by atoms with E-state index in [0.717, 1.165) is 17.0 Å². The normalized spacial score (nSPS) is 11.0. The van der Waals surface area contributed by atoms with Gasteiger partial charge in [0, 0.05) is 16.5 Å². The van der Waals surface area contributed by atoms with Gasteiger partial charge in [0.05, 0.1) is 12.1 Å². The van der Waals surface area contributed by atoms with E-state index < -0.39 is 11.7 Å². The third-order valence-electron chi connectivity index (χ3n) is 3.57. The number of hydrogen-bond acceptors (Lipinski definition) is 1. The fraction of sp³-hybridized carbons (Fsp3) is 0.105. The molecule has 126 valence electrons. The minimum atomic E-state index is -4.46. The number of rotatable bonds is 2. The number of carbonyl (C=O) groups excluding carboxylic acids is 1. The molecule has 0 saturated carbocycles. The Labute approximate surface area is 141 Å². The SMILES string of the molecule is O=C(NCC#Cc1ccccc1C(F)(F)F)c1cc2ccccc2[nH]1. The first-order chi connectivity index (χ1) is 11.9. The molecule has 2 N–H and O–H groups in total. The maximum absolute atomic E-state index is 12.9. The zero-order valence-corrected chi connectivity index (χ0v) is 12.9. The number of aromatic nitrogens is 1. The van der Waals surface area contributed by atoms with Crippen molar-refractivity contribution in [2.24, 2.45) is 0 Å². The van der Waals surface area contributed by atoms with Gasteiger partial charge in [-0.25, -0.2) is 0 Å². The van der Waals surface area contributed by atoms with Crippen LogP contribution < -0.4 is 5.32 Å². The minimum Gasteiger partial charge on any atom is -0.351 e. The summed E-state index contributed by atoms with van der Waals surface area (Å²) in [6, 6.07) is 14.2. The van der Waals surface area contributed by atoms with Gasteiger partial charge in [0.15, 0.2) is 0 Å². The van der Waals surface area contributed by atoms with Gasteiger partial charge >= 0.3 is 6.18 Å². The second kappa shape index (κ2) is 6.73. The van der Waals surface area contributed by atoms with Crippen LogP contribution in [-0.2, 0) is 6.18 Å². The van der Waals surface area contributed by atoms with Gasteiger partial charge in [-0.3, -0.25) is 4.79 Å². The topological polar surface area (TPSA) is 44.9 Å². The van der Waals surface area contributed by atoms with Crippen molar-refractivity contribution in [1.29, 1.82) is 0 Å². The molecular weight excluding hydrogens is 329 g/mol. The highest BCUT2D eigenvalue weighted by molar-refractivity contribution is 5.98. The fourth-order valence-corrected chi connectivity index (χ4v) is 2.39. The molecule has 0 fully saturated rings. The van der Waals surface area contributed by atoms with Gasteiger partial charge in [0.1, 0.15) is 5.69 Å². The predicted molar refractivity (Wildman–Crippen MR) is 89.0 cm³/mol. The van der Waals surface area contributed by atoms with E-state index >= 15 is 0 Å². The third-order valence-corrected chi connectivity index (χ3v) is 3.57. The van der Waals surface area contributed by atoms with Crippen LogP contribution in [0.5, 0.6) is 0 Å². The van der Waals surface area contributed by atoms with E-state index in [1.54, 1.807) is 6.07 Å². The molecule has 0 aliphatic rings. The van der Waals surface area contributed by atoms with Crippen molar-refractivity contribution < 1.29 is 18.0 Å². The molecule has 3 nitrogen and oxygen atoms in total. The molecule has 0 spiro atoms. The molecule has 25 heavy (non-hydrogen) atoms. The van der Waals surface area contributed by atoms with Gasteiger partial charge in [-0.05, 0) is 24.3 Å². The summed E-state index contributed by atoms with van der Waals surface area (Å²) in [4.78, 5) is 15.0. The first-order valence-corrected chi connectivity index (χ1v) is 7.46. The van der Waals surface area contributed by atoms with Crippen molar-refractivity contribution in [3.05, 3.63) is 71.4 Å². The lowest BCUT2D eigenvalue weighted by atomic mass is 10.1. The van der Waals surface area contributed by atoms with Crippen molar-refractivity contribution in [3.8, 4) is 11.8 Å². The number of hydrogen-bond donors (Lipinski definition) is 2. The van der Waals surface area contributed by atoms with E-state index in [1.165, 1.54) is 18.2 Å². The van der Waals surface area contributed by atoms with Crippen LogP contribution in [-0.4, -0.2) is 17.4 Å². The molecule has 0 atom stereocenters. The van der Waals surface area contributed by atoms with Crippen molar-refractivity contribution in [2.45, 2.75) is 6.18 Å². The van der Waals surface area contributed by atoms with Crippen LogP contribution in [0, 0.1) is 11.8 Å². The average Bonchev–Trinajstić information content (AvgIpc) is 3.02. The van der Waals surface area contributed by atoms with E-state index in [9.17, 15) is 18.0 Å². The summed E-state index contributed by atoms with van der Waals surface area (Å²) in [5, 5.41) is 3.46. The van der Waals surface area contributed by atoms with E-state index in [2.05, 4.69) is 22.1 Å². The molecule has 0 aliphatic heterocycles. The molecule has 1 heterocycles. The van der Waals surface area contributed by atoms with E-state index in [4.69, 9.17) is 0 Å². The van der Waals surface area contributed by atoms with Crippen molar-refractivity contribution in [1.82, 2.24) is 10.3 Å². The van der Waals surface area contributed by atoms with Gasteiger partial charge < -0.3 is 10.3 Å². The van der Waals surface area contributed by atoms with Crippen LogP contribution in [0.15, 0.2) is 54.6 Å². The van der Waals surface area contributed by atoms with Crippen LogP contribution in [0.4, 0.5) is 13.2 Å². The zero-order chi connectivity index (χ0) is 17.9. The number of H-pyrrole nitrogens is 1. The molecule has 1 amide bonds. The Morgan fingerprint density at radius 3 is 2.56 bits per heavy atom. The number of nitrogens with one attached hydrogen (secondary N) is 2. The summed E-state index contributed by atoms with van der Waals surface area (Å²) >= 11 is 0. The monoisotopic (exact) mass is 342 g/mol. The number of para-hydroxylation sites is 1. The highest BCUT2D eigenvalue weighted by atomic mass is 19.4. The highest BCUT2D eigenvalue weighted by Crippen LogP contribution is 2.31. The van der Waals surface area contributed by atoms with Gasteiger partial charge in [-0.2, -0.15) is 13.2 Å². The summed E-state index contributed by atoms with van der Waals surface area (Å²) < 4.78 is 38.6. The summed E-state index contributed by atoms with van der Waals surface area (Å²) in [5.41, 5.74) is 0.302. The first-order valence-electron chi connectivity index (χ1n) is 7.46. The van der Waals surface area contributed by atoms with Crippen LogP contribution in [0.2, 0.25) is 0 Å². The van der Waals surface area contributed by atoms with Gasteiger partial charge in [-0.1, -0.05) is 42.2 Å². The molecule has 0 unspecified atom stereocenters. The van der Waals surface area contributed by atoms with E-state index in [1.807, 2.05) is 24.3 Å². The Hall–Kier alpha value is -3.20. The van der Waals surface area contributed by atoms with Gasteiger partial charge in [0.2, 0.25) is 0 Å². The lowest BCUT2D eigenvalue weighted by Gasteiger charge is -2.08. The zero-order valence-electron chi connectivity index (χ0n) is 12.9. The van der Waals surface area contributed by atoms with Gasteiger partial charge in [-0.15, -0.1) is 0 Å². The Balaban J connectivity index is 1.68. The quantitative estimate of drug-likeness (QED) is 0.680. The molecule has 0 aliphatic carbocycles. The number of aromatic amines is 1. The molecular formula is C19H13F3N2O. The fourth-order valence-electron chi connectivity index (χ4n) is 2.39. The molecule has 2 aromatic carbocycles. The molecule has 1 aromatic heterocycles. The third kappa shape index (κ3) is 3.83. The predicted octanol–water partition coefficient (Wildman–Crippen LogP) is 3.97. The number of carbonyl (C=O) groups is 1. The second-order valence-electron chi connectivity index (χ2n) is 5.30. The standard InChI is InChI=1S/C19H13F3N2O/c20-19(21,22)15-9-3-1-6-13(15)8-5-11-23-18(25)17-12-14-7-2-4-10-16(14)24-17/h1-4,6-7,9-10,12,24H,11H2,(H,23,25). The average molecular weight is 342 g/mol. The summed E-state index contributed by atoms with van der Waals surface area (Å²) in [7, 11) is 0. The number of benzene rings is 2. The Morgan fingerprint density at radius 2 is 1.80 bits per heavy atom. The maximum atomic E-state index is 12.9. The number of alkyl halides is 3.